The lowest BCUT2D eigenvalue weighted by Gasteiger charge is -2.55. The van der Waals surface area contributed by atoms with Crippen LogP contribution in [0.2, 0.25) is 0 Å². The molecule has 2 aliphatic heterocycles. The molecule has 45 heavy (non-hydrogen) atoms. The van der Waals surface area contributed by atoms with Crippen molar-refractivity contribution in [1.29, 1.82) is 0 Å². The van der Waals surface area contributed by atoms with Gasteiger partial charge in [0.1, 0.15) is 17.1 Å². The molecule has 0 spiro atoms. The van der Waals surface area contributed by atoms with Gasteiger partial charge in [-0.15, -0.1) is 0 Å². The Labute approximate surface area is 268 Å². The predicted molar refractivity (Wildman–Crippen MR) is 178 cm³/mol. The Kier molecular flexibility index (Phi) is 10.3. The van der Waals surface area contributed by atoms with Crippen LogP contribution in [0.15, 0.2) is 47.6 Å². The smallest absolute Gasteiger partial charge is 0.189 e. The van der Waals surface area contributed by atoms with Crippen molar-refractivity contribution >= 4 is 12.2 Å². The summed E-state index contributed by atoms with van der Waals surface area (Å²) in [6, 6.07) is 8.26. The minimum atomic E-state index is -0.348. The molecule has 7 heteroatoms. The lowest BCUT2D eigenvalue weighted by atomic mass is 9.57. The third-order valence-electron chi connectivity index (χ3n) is 9.73. The molecule has 5 rings (SSSR count). The van der Waals surface area contributed by atoms with Crippen molar-refractivity contribution in [2.75, 3.05) is 34.4 Å². The number of allylic oxidation sites excluding steroid dienone is 3. The summed E-state index contributed by atoms with van der Waals surface area (Å²) in [7, 11) is 3.31. The van der Waals surface area contributed by atoms with Crippen LogP contribution in [0.25, 0.3) is 12.2 Å². The molecule has 0 saturated heterocycles. The monoisotopic (exact) mass is 618 g/mol. The predicted octanol–water partition coefficient (Wildman–Crippen LogP) is 7.92. The first kappa shape index (κ1) is 33.1. The van der Waals surface area contributed by atoms with Crippen molar-refractivity contribution in [1.82, 2.24) is 0 Å². The van der Waals surface area contributed by atoms with Gasteiger partial charge in [-0.2, -0.15) is 0 Å². The van der Waals surface area contributed by atoms with Crippen LogP contribution in [0, 0.1) is 11.3 Å². The van der Waals surface area contributed by atoms with Gasteiger partial charge in [0.05, 0.1) is 19.8 Å². The fourth-order valence-electron chi connectivity index (χ4n) is 7.06. The molecular formula is C38H50O7. The second-order valence-corrected chi connectivity index (χ2v) is 13.6. The first-order valence-corrected chi connectivity index (χ1v) is 16.1. The first-order valence-electron chi connectivity index (χ1n) is 16.1. The molecule has 0 unspecified atom stereocenters. The number of hydrogen-bond donors (Lipinski definition) is 1. The van der Waals surface area contributed by atoms with E-state index in [1.165, 1.54) is 11.1 Å². The van der Waals surface area contributed by atoms with Gasteiger partial charge in [-0.05, 0) is 111 Å². The van der Waals surface area contributed by atoms with E-state index in [4.69, 9.17) is 28.4 Å². The number of hydrogen-bond acceptors (Lipinski definition) is 7. The van der Waals surface area contributed by atoms with E-state index >= 15 is 0 Å². The van der Waals surface area contributed by atoms with Crippen molar-refractivity contribution in [3.63, 3.8) is 0 Å². The topological polar surface area (TPSA) is 75.6 Å². The molecule has 0 bridgehead atoms. The van der Waals surface area contributed by atoms with E-state index in [1.807, 2.05) is 18.2 Å². The zero-order chi connectivity index (χ0) is 32.2. The molecule has 2 aromatic rings. The summed E-state index contributed by atoms with van der Waals surface area (Å²) in [6.45, 7) is 11.6. The Bertz CT molecular complexity index is 1450. The summed E-state index contributed by atoms with van der Waals surface area (Å²) >= 11 is 0. The van der Waals surface area contributed by atoms with Crippen LogP contribution in [0.3, 0.4) is 0 Å². The minimum Gasteiger partial charge on any atom is -0.493 e. The summed E-state index contributed by atoms with van der Waals surface area (Å²) in [5, 5.41) is 10.8. The number of benzene rings is 2. The highest BCUT2D eigenvalue weighted by molar-refractivity contribution is 5.74. The average Bonchev–Trinajstić information content (AvgIpc) is 3.10. The summed E-state index contributed by atoms with van der Waals surface area (Å²) in [5.74, 6) is 3.18. The number of aliphatic hydroxyl groups is 1. The molecule has 1 saturated carbocycles. The average molecular weight is 619 g/mol. The quantitative estimate of drug-likeness (QED) is 0.174. The fourth-order valence-corrected chi connectivity index (χ4v) is 7.06. The number of rotatable bonds is 9. The van der Waals surface area contributed by atoms with Crippen molar-refractivity contribution < 1.29 is 33.5 Å². The van der Waals surface area contributed by atoms with Gasteiger partial charge in [-0.3, -0.25) is 0 Å². The van der Waals surface area contributed by atoms with Crippen molar-refractivity contribution in [2.45, 2.75) is 84.8 Å². The molecule has 244 valence electrons. The van der Waals surface area contributed by atoms with Crippen LogP contribution >= 0.6 is 0 Å². The van der Waals surface area contributed by atoms with Crippen LogP contribution < -0.4 is 18.9 Å². The number of methoxy groups -OCH3 is 2. The van der Waals surface area contributed by atoms with Gasteiger partial charge in [0.25, 0.3) is 0 Å². The van der Waals surface area contributed by atoms with E-state index in [9.17, 15) is 5.11 Å². The van der Waals surface area contributed by atoms with Gasteiger partial charge >= 0.3 is 0 Å². The molecule has 3 aliphatic rings. The van der Waals surface area contributed by atoms with Crippen LogP contribution in [-0.2, 0) is 22.3 Å². The molecule has 2 heterocycles. The molecule has 0 amide bonds. The lowest BCUT2D eigenvalue weighted by molar-refractivity contribution is -0.138. The molecule has 1 N–H and O–H groups in total. The van der Waals surface area contributed by atoms with Gasteiger partial charge in [0.2, 0.25) is 0 Å². The summed E-state index contributed by atoms with van der Waals surface area (Å²) in [4.78, 5) is 0. The highest BCUT2D eigenvalue weighted by Gasteiger charge is 2.54. The van der Waals surface area contributed by atoms with Gasteiger partial charge in [0.15, 0.2) is 25.1 Å². The van der Waals surface area contributed by atoms with E-state index < -0.39 is 0 Å². The summed E-state index contributed by atoms with van der Waals surface area (Å²) < 4.78 is 35.9. The standard InChI is InChI=1S/C38H50O7/c1-25(2)9-8-10-26-13-14-30-31(43-23-40-6)18-28(19-32(30)44-24-42-22-26)12-11-27-17-29-21-34-37(3,4)35(39)15-16-38(34,5)45-36(29)33(20-27)41-7/h9,11-13,17-20,34-35,39H,8,10,14-16,21-24H2,1-7H3/b12-11+,26-13-/t34-,35-,38-/m1/s1. The van der Waals surface area contributed by atoms with E-state index in [2.05, 4.69) is 65.0 Å². The normalized spacial score (nSPS) is 25.1. The number of aliphatic hydroxyl groups excluding tert-OH is 1. The molecule has 0 radical (unpaired) electrons. The van der Waals surface area contributed by atoms with E-state index in [0.29, 0.717) is 13.0 Å². The van der Waals surface area contributed by atoms with E-state index in [0.717, 1.165) is 77.4 Å². The Morgan fingerprint density at radius 2 is 1.80 bits per heavy atom. The Hall–Kier alpha value is -3.26. The van der Waals surface area contributed by atoms with Crippen molar-refractivity contribution in [3.05, 3.63) is 69.8 Å². The first-order chi connectivity index (χ1) is 21.5. The third-order valence-corrected chi connectivity index (χ3v) is 9.73. The van der Waals surface area contributed by atoms with Crippen LogP contribution in [-0.4, -0.2) is 51.2 Å². The molecular weight excluding hydrogens is 568 g/mol. The van der Waals surface area contributed by atoms with Crippen LogP contribution in [0.4, 0.5) is 0 Å². The van der Waals surface area contributed by atoms with Gasteiger partial charge < -0.3 is 33.5 Å². The van der Waals surface area contributed by atoms with Crippen LogP contribution in [0.5, 0.6) is 23.0 Å². The molecule has 1 fully saturated rings. The molecule has 7 nitrogen and oxygen atoms in total. The third kappa shape index (κ3) is 7.43. The van der Waals surface area contributed by atoms with E-state index in [-0.39, 0.29) is 36.6 Å². The largest absolute Gasteiger partial charge is 0.493 e. The second kappa shape index (κ2) is 14.0. The summed E-state index contributed by atoms with van der Waals surface area (Å²) in [6.07, 6.45) is 13.3. The van der Waals surface area contributed by atoms with Crippen molar-refractivity contribution in [3.8, 4) is 23.0 Å². The number of fused-ring (bicyclic) bond motifs is 3. The van der Waals surface area contributed by atoms with Gasteiger partial charge in [-0.25, -0.2) is 0 Å². The Balaban J connectivity index is 1.44. The SMILES string of the molecule is COCOc1cc(/C=C/c2cc3c(c(OC)c2)O[C@]2(C)CC[C@@H](O)C(C)(C)[C@H]2C3)cc2c1C/C=C(/CCC=C(C)C)COCO2. The summed E-state index contributed by atoms with van der Waals surface area (Å²) in [5.41, 5.74) is 5.99. The maximum absolute atomic E-state index is 10.8. The Morgan fingerprint density at radius 1 is 1.04 bits per heavy atom. The zero-order valence-electron chi connectivity index (χ0n) is 28.0. The van der Waals surface area contributed by atoms with Crippen LogP contribution in [0.1, 0.15) is 82.6 Å². The minimum absolute atomic E-state index is 0.139. The van der Waals surface area contributed by atoms with E-state index in [1.54, 1.807) is 14.2 Å². The molecule has 2 aromatic carbocycles. The maximum Gasteiger partial charge on any atom is 0.189 e. The highest BCUT2D eigenvalue weighted by Crippen LogP contribution is 2.55. The molecule has 1 aliphatic carbocycles. The van der Waals surface area contributed by atoms with Gasteiger partial charge in [0, 0.05) is 18.6 Å². The van der Waals surface area contributed by atoms with Crippen molar-refractivity contribution in [2.24, 2.45) is 11.3 Å². The van der Waals surface area contributed by atoms with Gasteiger partial charge in [-0.1, -0.05) is 43.7 Å². The lowest BCUT2D eigenvalue weighted by Crippen LogP contribution is -2.58. The Morgan fingerprint density at radius 3 is 2.53 bits per heavy atom. The zero-order valence-corrected chi connectivity index (χ0v) is 28.0. The molecule has 3 atom stereocenters. The number of ether oxygens (including phenoxy) is 6. The maximum atomic E-state index is 10.8. The fraction of sp³-hybridized carbons (Fsp3) is 0.526. The second-order valence-electron chi connectivity index (χ2n) is 13.6. The molecule has 0 aromatic heterocycles. The highest BCUT2D eigenvalue weighted by atomic mass is 16.7.